The van der Waals surface area contributed by atoms with Gasteiger partial charge in [0.05, 0.1) is 0 Å². The fourth-order valence-electron chi connectivity index (χ4n) is 0.864. The minimum Gasteiger partial charge on any atom is -0.351 e. The van der Waals surface area contributed by atoms with Gasteiger partial charge < -0.3 is 5.32 Å². The third-order valence-corrected chi connectivity index (χ3v) is 1.69. The molecule has 4 heteroatoms. The molecule has 0 atom stereocenters. The van der Waals surface area contributed by atoms with Gasteiger partial charge in [-0.3, -0.25) is 4.79 Å². The summed E-state index contributed by atoms with van der Waals surface area (Å²) in [6.07, 6.45) is 0.909. The number of amides is 1. The zero-order chi connectivity index (χ0) is 9.68. The Morgan fingerprint density at radius 3 is 3.00 bits per heavy atom. The first-order valence-corrected chi connectivity index (χ1v) is 4.52. The van der Waals surface area contributed by atoms with Crippen LogP contribution in [0.5, 0.6) is 0 Å². The Morgan fingerprint density at radius 2 is 2.38 bits per heavy atom. The summed E-state index contributed by atoms with van der Waals surface area (Å²) in [7, 11) is 0. The summed E-state index contributed by atoms with van der Waals surface area (Å²) in [5.41, 5.74) is 0.362. The topological polar surface area (TPSA) is 42.0 Å². The van der Waals surface area contributed by atoms with Crippen LogP contribution in [0.1, 0.15) is 23.8 Å². The molecule has 0 fully saturated rings. The molecule has 0 spiro atoms. The molecule has 3 nitrogen and oxygen atoms in total. The van der Waals surface area contributed by atoms with Crippen LogP contribution in [0.3, 0.4) is 0 Å². The highest BCUT2D eigenvalue weighted by Gasteiger charge is 2.05. The summed E-state index contributed by atoms with van der Waals surface area (Å²) in [6, 6.07) is 4.98. The molecule has 1 aromatic rings. The van der Waals surface area contributed by atoms with E-state index in [1.165, 1.54) is 0 Å². The van der Waals surface area contributed by atoms with Gasteiger partial charge in [0, 0.05) is 6.54 Å². The number of pyridine rings is 1. The van der Waals surface area contributed by atoms with Crippen molar-refractivity contribution in [1.82, 2.24) is 10.3 Å². The van der Waals surface area contributed by atoms with Crippen molar-refractivity contribution in [2.45, 2.75) is 13.3 Å². The van der Waals surface area contributed by atoms with Gasteiger partial charge in [-0.1, -0.05) is 24.6 Å². The van der Waals surface area contributed by atoms with E-state index in [0.717, 1.165) is 6.42 Å². The predicted octanol–water partition coefficient (Wildman–Crippen LogP) is 1.87. The van der Waals surface area contributed by atoms with Crippen molar-refractivity contribution >= 4 is 17.5 Å². The molecule has 0 aromatic carbocycles. The van der Waals surface area contributed by atoms with Gasteiger partial charge >= 0.3 is 0 Å². The van der Waals surface area contributed by atoms with Crippen LogP contribution in [0, 0.1) is 0 Å². The molecular formula is C9H11ClN2O. The Balaban J connectivity index is 2.66. The van der Waals surface area contributed by atoms with Gasteiger partial charge in [-0.05, 0) is 18.6 Å². The number of halogens is 1. The quantitative estimate of drug-likeness (QED) is 0.754. The SMILES string of the molecule is CCCNC(=O)c1cccc(Cl)n1. The van der Waals surface area contributed by atoms with Crippen molar-refractivity contribution in [3.63, 3.8) is 0 Å². The highest BCUT2D eigenvalue weighted by Crippen LogP contribution is 2.04. The number of nitrogens with zero attached hydrogens (tertiary/aromatic N) is 1. The van der Waals surface area contributed by atoms with Gasteiger partial charge in [0.15, 0.2) is 0 Å². The summed E-state index contributed by atoms with van der Waals surface area (Å²) >= 11 is 5.63. The Morgan fingerprint density at radius 1 is 1.62 bits per heavy atom. The lowest BCUT2D eigenvalue weighted by Crippen LogP contribution is -2.24. The van der Waals surface area contributed by atoms with Gasteiger partial charge in [0.25, 0.3) is 5.91 Å². The van der Waals surface area contributed by atoms with Crippen molar-refractivity contribution in [3.05, 3.63) is 29.0 Å². The van der Waals surface area contributed by atoms with Crippen molar-refractivity contribution in [2.24, 2.45) is 0 Å². The lowest BCUT2D eigenvalue weighted by molar-refractivity contribution is 0.0948. The van der Waals surface area contributed by atoms with Crippen molar-refractivity contribution < 1.29 is 4.79 Å². The standard InChI is InChI=1S/C9H11ClN2O/c1-2-6-11-9(13)7-4-3-5-8(10)12-7/h3-5H,2,6H2,1H3,(H,11,13). The second-order valence-corrected chi connectivity index (χ2v) is 2.99. The molecule has 1 heterocycles. The Kier molecular flexibility index (Phi) is 3.71. The summed E-state index contributed by atoms with van der Waals surface area (Å²) in [5.74, 6) is -0.177. The molecular weight excluding hydrogens is 188 g/mol. The van der Waals surface area contributed by atoms with Crippen LogP contribution in [0.2, 0.25) is 5.15 Å². The normalized spacial score (nSPS) is 9.69. The van der Waals surface area contributed by atoms with E-state index in [-0.39, 0.29) is 5.91 Å². The van der Waals surface area contributed by atoms with Gasteiger partial charge in [-0.15, -0.1) is 0 Å². The van der Waals surface area contributed by atoms with Crippen molar-refractivity contribution in [1.29, 1.82) is 0 Å². The fourth-order valence-corrected chi connectivity index (χ4v) is 1.03. The van der Waals surface area contributed by atoms with E-state index in [2.05, 4.69) is 10.3 Å². The number of aromatic nitrogens is 1. The average Bonchev–Trinajstić information content (AvgIpc) is 2.14. The smallest absolute Gasteiger partial charge is 0.269 e. The van der Waals surface area contributed by atoms with E-state index in [0.29, 0.717) is 17.4 Å². The third-order valence-electron chi connectivity index (χ3n) is 1.48. The minimum absolute atomic E-state index is 0.177. The molecule has 13 heavy (non-hydrogen) atoms. The number of hydrogen-bond donors (Lipinski definition) is 1. The fraction of sp³-hybridized carbons (Fsp3) is 0.333. The molecule has 70 valence electrons. The Labute approximate surface area is 82.1 Å². The maximum Gasteiger partial charge on any atom is 0.269 e. The van der Waals surface area contributed by atoms with E-state index >= 15 is 0 Å². The third kappa shape index (κ3) is 3.03. The average molecular weight is 199 g/mol. The molecule has 0 saturated heterocycles. The van der Waals surface area contributed by atoms with E-state index in [9.17, 15) is 4.79 Å². The second kappa shape index (κ2) is 4.82. The van der Waals surface area contributed by atoms with Gasteiger partial charge in [-0.25, -0.2) is 4.98 Å². The summed E-state index contributed by atoms with van der Waals surface area (Å²) in [5, 5.41) is 3.05. The first-order chi connectivity index (χ1) is 6.24. The molecule has 0 bridgehead atoms. The molecule has 1 N–H and O–H groups in total. The first kappa shape index (κ1) is 9.99. The minimum atomic E-state index is -0.177. The monoisotopic (exact) mass is 198 g/mol. The summed E-state index contributed by atoms with van der Waals surface area (Å²) in [4.78, 5) is 15.2. The van der Waals surface area contributed by atoms with Crippen LogP contribution in [-0.4, -0.2) is 17.4 Å². The highest BCUT2D eigenvalue weighted by atomic mass is 35.5. The maximum atomic E-state index is 11.3. The zero-order valence-corrected chi connectivity index (χ0v) is 8.14. The number of hydrogen-bond acceptors (Lipinski definition) is 2. The summed E-state index contributed by atoms with van der Waals surface area (Å²) < 4.78 is 0. The summed E-state index contributed by atoms with van der Waals surface area (Å²) in [6.45, 7) is 2.65. The van der Waals surface area contributed by atoms with Crippen molar-refractivity contribution in [2.75, 3.05) is 6.54 Å². The molecule has 1 amide bonds. The van der Waals surface area contributed by atoms with E-state index < -0.39 is 0 Å². The molecule has 0 radical (unpaired) electrons. The highest BCUT2D eigenvalue weighted by molar-refractivity contribution is 6.29. The number of carbonyl (C=O) groups is 1. The Bertz CT molecular complexity index is 301. The van der Waals surface area contributed by atoms with Crippen LogP contribution < -0.4 is 5.32 Å². The molecule has 0 aliphatic rings. The van der Waals surface area contributed by atoms with Crippen LogP contribution >= 0.6 is 11.6 Å². The lowest BCUT2D eigenvalue weighted by Gasteiger charge is -2.01. The van der Waals surface area contributed by atoms with Crippen LogP contribution in [-0.2, 0) is 0 Å². The van der Waals surface area contributed by atoms with Gasteiger partial charge in [0.2, 0.25) is 0 Å². The number of nitrogens with one attached hydrogen (secondary N) is 1. The molecule has 1 aromatic heterocycles. The van der Waals surface area contributed by atoms with Crippen LogP contribution in [0.25, 0.3) is 0 Å². The molecule has 0 saturated carbocycles. The first-order valence-electron chi connectivity index (χ1n) is 4.14. The Hall–Kier alpha value is -1.09. The molecule has 0 aliphatic heterocycles. The van der Waals surface area contributed by atoms with Gasteiger partial charge in [0.1, 0.15) is 10.8 Å². The van der Waals surface area contributed by atoms with E-state index in [4.69, 9.17) is 11.6 Å². The second-order valence-electron chi connectivity index (χ2n) is 2.60. The van der Waals surface area contributed by atoms with Crippen LogP contribution in [0.4, 0.5) is 0 Å². The largest absolute Gasteiger partial charge is 0.351 e. The maximum absolute atomic E-state index is 11.3. The number of carbonyl (C=O) groups excluding carboxylic acids is 1. The molecule has 0 unspecified atom stereocenters. The van der Waals surface area contributed by atoms with E-state index in [1.807, 2.05) is 6.92 Å². The molecule has 1 rings (SSSR count). The number of rotatable bonds is 3. The van der Waals surface area contributed by atoms with Crippen LogP contribution in [0.15, 0.2) is 18.2 Å². The van der Waals surface area contributed by atoms with Crippen molar-refractivity contribution in [3.8, 4) is 0 Å². The lowest BCUT2D eigenvalue weighted by atomic mass is 10.3. The predicted molar refractivity (Wildman–Crippen MR) is 51.9 cm³/mol. The zero-order valence-electron chi connectivity index (χ0n) is 7.38. The molecule has 0 aliphatic carbocycles. The van der Waals surface area contributed by atoms with E-state index in [1.54, 1.807) is 18.2 Å². The van der Waals surface area contributed by atoms with Gasteiger partial charge in [-0.2, -0.15) is 0 Å².